The average molecular weight is 222 g/mol. The van der Waals surface area contributed by atoms with Crippen molar-refractivity contribution in [1.29, 1.82) is 0 Å². The molecule has 0 heterocycles. The van der Waals surface area contributed by atoms with Crippen LogP contribution in [-0.2, 0) is 5.60 Å². The molecule has 0 aliphatic heterocycles. The summed E-state index contributed by atoms with van der Waals surface area (Å²) in [6, 6.07) is 6.59. The molecule has 1 aliphatic rings. The van der Waals surface area contributed by atoms with Crippen molar-refractivity contribution >= 4 is 0 Å². The molecular weight excluding hydrogens is 203 g/mol. The molecule has 0 bridgehead atoms. The first-order valence-electron chi connectivity index (χ1n) is 5.98. The van der Waals surface area contributed by atoms with Gasteiger partial charge in [0.05, 0.1) is 5.60 Å². The van der Waals surface area contributed by atoms with E-state index < -0.39 is 5.60 Å². The van der Waals surface area contributed by atoms with E-state index in [0.29, 0.717) is 30.2 Å². The van der Waals surface area contributed by atoms with Crippen molar-refractivity contribution in [3.05, 3.63) is 35.6 Å². The SMILES string of the molecule is CC1CC(C)CC(O)(c2ccccc2F)C1. The third-order valence-corrected chi connectivity index (χ3v) is 3.55. The highest BCUT2D eigenvalue weighted by Crippen LogP contribution is 2.43. The number of hydrogen-bond donors (Lipinski definition) is 1. The third-order valence-electron chi connectivity index (χ3n) is 3.55. The molecule has 0 radical (unpaired) electrons. The fourth-order valence-electron chi connectivity index (χ4n) is 3.15. The lowest BCUT2D eigenvalue weighted by Gasteiger charge is -2.39. The molecule has 2 unspecified atom stereocenters. The van der Waals surface area contributed by atoms with E-state index in [1.54, 1.807) is 18.2 Å². The van der Waals surface area contributed by atoms with Crippen LogP contribution in [-0.4, -0.2) is 5.11 Å². The van der Waals surface area contributed by atoms with Gasteiger partial charge in [0.1, 0.15) is 5.82 Å². The number of hydrogen-bond acceptors (Lipinski definition) is 1. The second-order valence-electron chi connectivity index (χ2n) is 5.37. The van der Waals surface area contributed by atoms with Crippen LogP contribution in [0.3, 0.4) is 0 Å². The second kappa shape index (κ2) is 4.17. The van der Waals surface area contributed by atoms with E-state index in [4.69, 9.17) is 0 Å². The van der Waals surface area contributed by atoms with Crippen LogP contribution in [0.5, 0.6) is 0 Å². The van der Waals surface area contributed by atoms with E-state index in [0.717, 1.165) is 6.42 Å². The first-order valence-corrected chi connectivity index (χ1v) is 5.98. The van der Waals surface area contributed by atoms with Crippen LogP contribution in [0.4, 0.5) is 4.39 Å². The lowest BCUT2D eigenvalue weighted by molar-refractivity contribution is -0.0388. The normalized spacial score (nSPS) is 35.0. The fraction of sp³-hybridized carbons (Fsp3) is 0.571. The summed E-state index contributed by atoms with van der Waals surface area (Å²) in [4.78, 5) is 0. The molecule has 2 rings (SSSR count). The van der Waals surface area contributed by atoms with E-state index in [9.17, 15) is 9.50 Å². The second-order valence-corrected chi connectivity index (χ2v) is 5.37. The predicted molar refractivity (Wildman–Crippen MR) is 62.5 cm³/mol. The molecule has 0 spiro atoms. The molecule has 2 heteroatoms. The Kier molecular flexibility index (Phi) is 3.02. The molecule has 88 valence electrons. The number of benzene rings is 1. The summed E-state index contributed by atoms with van der Waals surface area (Å²) in [6.45, 7) is 4.25. The molecule has 1 nitrogen and oxygen atoms in total. The Hall–Kier alpha value is -0.890. The van der Waals surface area contributed by atoms with Crippen molar-refractivity contribution in [2.45, 2.75) is 38.7 Å². The summed E-state index contributed by atoms with van der Waals surface area (Å²) in [7, 11) is 0. The first kappa shape index (κ1) is 11.6. The molecule has 1 fully saturated rings. The molecule has 1 N–H and O–H groups in total. The van der Waals surface area contributed by atoms with E-state index in [1.807, 2.05) is 0 Å². The van der Waals surface area contributed by atoms with Crippen LogP contribution in [0.1, 0.15) is 38.7 Å². The highest BCUT2D eigenvalue weighted by Gasteiger charge is 2.38. The van der Waals surface area contributed by atoms with E-state index in [1.165, 1.54) is 6.07 Å². The topological polar surface area (TPSA) is 20.2 Å². The zero-order valence-electron chi connectivity index (χ0n) is 9.91. The highest BCUT2D eigenvalue weighted by molar-refractivity contribution is 5.25. The molecule has 0 aromatic heterocycles. The van der Waals surface area contributed by atoms with Crippen LogP contribution in [0, 0.1) is 17.7 Å². The van der Waals surface area contributed by atoms with Crippen molar-refractivity contribution in [2.75, 3.05) is 0 Å². The molecule has 1 aliphatic carbocycles. The maximum atomic E-state index is 13.7. The molecule has 0 amide bonds. The van der Waals surface area contributed by atoms with Crippen molar-refractivity contribution in [3.63, 3.8) is 0 Å². The smallest absolute Gasteiger partial charge is 0.129 e. The average Bonchev–Trinajstić information content (AvgIpc) is 2.15. The van der Waals surface area contributed by atoms with Crippen LogP contribution in [0.2, 0.25) is 0 Å². The molecular formula is C14H19FO. The Balaban J connectivity index is 2.34. The minimum Gasteiger partial charge on any atom is -0.385 e. The van der Waals surface area contributed by atoms with Gasteiger partial charge in [-0.1, -0.05) is 32.0 Å². The lowest BCUT2D eigenvalue weighted by Crippen LogP contribution is -2.36. The Labute approximate surface area is 96.3 Å². The zero-order valence-corrected chi connectivity index (χ0v) is 9.91. The van der Waals surface area contributed by atoms with Crippen molar-refractivity contribution < 1.29 is 9.50 Å². The molecule has 16 heavy (non-hydrogen) atoms. The minimum absolute atomic E-state index is 0.286. The molecule has 1 aromatic rings. The summed E-state index contributed by atoms with van der Waals surface area (Å²) >= 11 is 0. The predicted octanol–water partition coefficient (Wildman–Crippen LogP) is 3.47. The molecule has 1 aromatic carbocycles. The molecule has 2 atom stereocenters. The van der Waals surface area contributed by atoms with Crippen LogP contribution in [0.25, 0.3) is 0 Å². The van der Waals surface area contributed by atoms with Gasteiger partial charge in [0, 0.05) is 5.56 Å². The van der Waals surface area contributed by atoms with Crippen molar-refractivity contribution in [3.8, 4) is 0 Å². The number of halogens is 1. The van der Waals surface area contributed by atoms with Gasteiger partial charge in [0.2, 0.25) is 0 Å². The van der Waals surface area contributed by atoms with Gasteiger partial charge in [0.15, 0.2) is 0 Å². The van der Waals surface area contributed by atoms with Gasteiger partial charge in [-0.15, -0.1) is 0 Å². The fourth-order valence-corrected chi connectivity index (χ4v) is 3.15. The van der Waals surface area contributed by atoms with Crippen LogP contribution in [0.15, 0.2) is 24.3 Å². The summed E-state index contributed by atoms with van der Waals surface area (Å²) in [5, 5.41) is 10.6. The Bertz CT molecular complexity index is 365. The van der Waals surface area contributed by atoms with Crippen LogP contribution < -0.4 is 0 Å². The quantitative estimate of drug-likeness (QED) is 0.771. The van der Waals surface area contributed by atoms with Gasteiger partial charge < -0.3 is 5.11 Å². The maximum absolute atomic E-state index is 13.7. The summed E-state index contributed by atoms with van der Waals surface area (Å²) < 4.78 is 13.7. The van der Waals surface area contributed by atoms with Crippen molar-refractivity contribution in [2.24, 2.45) is 11.8 Å². The van der Waals surface area contributed by atoms with E-state index in [-0.39, 0.29) is 5.82 Å². The summed E-state index contributed by atoms with van der Waals surface area (Å²) in [5.74, 6) is 0.619. The van der Waals surface area contributed by atoms with E-state index >= 15 is 0 Å². The van der Waals surface area contributed by atoms with Gasteiger partial charge in [-0.3, -0.25) is 0 Å². The standard InChI is InChI=1S/C14H19FO/c1-10-7-11(2)9-14(16,8-10)12-5-3-4-6-13(12)15/h3-6,10-11,16H,7-9H2,1-2H3. The molecule has 1 saturated carbocycles. The number of rotatable bonds is 1. The van der Waals surface area contributed by atoms with Crippen molar-refractivity contribution in [1.82, 2.24) is 0 Å². The summed E-state index contributed by atoms with van der Waals surface area (Å²) in [5.41, 5.74) is -0.504. The Morgan fingerprint density at radius 2 is 1.75 bits per heavy atom. The van der Waals surface area contributed by atoms with Gasteiger partial charge in [-0.2, -0.15) is 0 Å². The third kappa shape index (κ3) is 2.12. The van der Waals surface area contributed by atoms with Gasteiger partial charge in [-0.25, -0.2) is 4.39 Å². The summed E-state index contributed by atoms with van der Waals surface area (Å²) in [6.07, 6.45) is 2.45. The molecule has 0 saturated heterocycles. The lowest BCUT2D eigenvalue weighted by atomic mass is 9.70. The van der Waals surface area contributed by atoms with Crippen LogP contribution >= 0.6 is 0 Å². The highest BCUT2D eigenvalue weighted by atomic mass is 19.1. The maximum Gasteiger partial charge on any atom is 0.129 e. The van der Waals surface area contributed by atoms with Gasteiger partial charge in [-0.05, 0) is 37.2 Å². The van der Waals surface area contributed by atoms with E-state index in [2.05, 4.69) is 13.8 Å². The monoisotopic (exact) mass is 222 g/mol. The minimum atomic E-state index is -0.970. The number of aliphatic hydroxyl groups is 1. The Morgan fingerprint density at radius 3 is 2.31 bits per heavy atom. The Morgan fingerprint density at radius 1 is 1.19 bits per heavy atom. The van der Waals surface area contributed by atoms with Gasteiger partial charge in [0.25, 0.3) is 0 Å². The zero-order chi connectivity index (χ0) is 11.8. The van der Waals surface area contributed by atoms with Gasteiger partial charge >= 0.3 is 0 Å². The first-order chi connectivity index (χ1) is 7.51. The largest absolute Gasteiger partial charge is 0.385 e.